The van der Waals surface area contributed by atoms with Gasteiger partial charge in [0.1, 0.15) is 5.75 Å². The summed E-state index contributed by atoms with van der Waals surface area (Å²) in [7, 11) is -2.03. The van der Waals surface area contributed by atoms with Crippen LogP contribution in [0.5, 0.6) is 5.75 Å². The van der Waals surface area contributed by atoms with Gasteiger partial charge in [-0.15, -0.1) is 0 Å². The molecule has 1 aliphatic rings. The molecule has 162 valence electrons. The van der Waals surface area contributed by atoms with Gasteiger partial charge < -0.3 is 10.1 Å². The van der Waals surface area contributed by atoms with Gasteiger partial charge in [-0.1, -0.05) is 31.2 Å². The van der Waals surface area contributed by atoms with Crippen molar-refractivity contribution in [1.82, 2.24) is 9.62 Å². The number of methoxy groups -OCH3 is 1. The van der Waals surface area contributed by atoms with Gasteiger partial charge in [0.2, 0.25) is 15.9 Å². The monoisotopic (exact) mass is 430 g/mol. The molecule has 7 heteroatoms. The summed E-state index contributed by atoms with van der Waals surface area (Å²) in [5.41, 5.74) is 1.25. The molecule has 1 atom stereocenters. The molecule has 0 aromatic heterocycles. The first-order valence-corrected chi connectivity index (χ1v) is 11.7. The van der Waals surface area contributed by atoms with Crippen molar-refractivity contribution in [2.24, 2.45) is 5.41 Å². The normalized spacial score (nSPS) is 20.0. The summed E-state index contributed by atoms with van der Waals surface area (Å²) >= 11 is 0. The highest BCUT2D eigenvalue weighted by molar-refractivity contribution is 7.89. The van der Waals surface area contributed by atoms with Crippen LogP contribution in [0.25, 0.3) is 0 Å². The van der Waals surface area contributed by atoms with Crippen molar-refractivity contribution in [3.63, 3.8) is 0 Å². The number of rotatable bonds is 7. The zero-order valence-corrected chi connectivity index (χ0v) is 18.7. The number of carbonyl (C=O) groups is 1. The number of piperidine rings is 1. The minimum absolute atomic E-state index is 0.133. The number of nitrogens with zero attached hydrogens (tertiary/aromatic N) is 1. The van der Waals surface area contributed by atoms with Crippen molar-refractivity contribution in [2.75, 3.05) is 20.2 Å². The summed E-state index contributed by atoms with van der Waals surface area (Å²) in [4.78, 5) is 13.3. The summed E-state index contributed by atoms with van der Waals surface area (Å²) in [6, 6.07) is 14.5. The number of amides is 1. The van der Waals surface area contributed by atoms with Crippen molar-refractivity contribution < 1.29 is 17.9 Å². The molecule has 0 radical (unpaired) electrons. The van der Waals surface area contributed by atoms with Crippen LogP contribution in [0.4, 0.5) is 0 Å². The van der Waals surface area contributed by atoms with Crippen molar-refractivity contribution in [3.8, 4) is 5.75 Å². The molecular weight excluding hydrogens is 400 g/mol. The highest BCUT2D eigenvalue weighted by Crippen LogP contribution is 2.33. The molecular formula is C23H30N2O4S. The average Bonchev–Trinajstić information content (AvgIpc) is 2.77. The molecule has 1 saturated heterocycles. The minimum Gasteiger partial charge on any atom is -0.497 e. The Balaban J connectivity index is 1.70. The van der Waals surface area contributed by atoms with E-state index >= 15 is 0 Å². The quantitative estimate of drug-likeness (QED) is 0.731. The lowest BCUT2D eigenvalue weighted by atomic mass is 9.82. The number of ether oxygens (including phenoxy) is 1. The van der Waals surface area contributed by atoms with E-state index in [1.54, 1.807) is 19.2 Å². The van der Waals surface area contributed by atoms with Crippen LogP contribution in [0.2, 0.25) is 0 Å². The predicted molar refractivity (Wildman–Crippen MR) is 117 cm³/mol. The lowest BCUT2D eigenvalue weighted by molar-refractivity contribution is -0.132. The maximum Gasteiger partial charge on any atom is 0.243 e. The molecule has 1 N–H and O–H groups in total. The first kappa shape index (κ1) is 22.3. The van der Waals surface area contributed by atoms with Crippen LogP contribution in [-0.4, -0.2) is 38.8 Å². The summed E-state index contributed by atoms with van der Waals surface area (Å²) in [6.45, 7) is 4.85. The first-order chi connectivity index (χ1) is 14.3. The first-order valence-electron chi connectivity index (χ1n) is 10.3. The van der Waals surface area contributed by atoms with Gasteiger partial charge in [-0.05, 0) is 61.6 Å². The van der Waals surface area contributed by atoms with Gasteiger partial charge in [-0.3, -0.25) is 4.79 Å². The van der Waals surface area contributed by atoms with Crippen LogP contribution in [-0.2, 0) is 27.8 Å². The highest BCUT2D eigenvalue weighted by Gasteiger charge is 2.41. The second-order valence-corrected chi connectivity index (χ2v) is 9.97. The smallest absolute Gasteiger partial charge is 0.243 e. The summed E-state index contributed by atoms with van der Waals surface area (Å²) < 4.78 is 32.9. The molecule has 0 spiro atoms. The SMILES string of the molecule is CCc1ccc(S(=O)(=O)N2CCCC(C)(C(=O)NCc3cccc(OC)c3)C2)cc1. The Hall–Kier alpha value is -2.38. The van der Waals surface area contributed by atoms with Crippen LogP contribution in [0.3, 0.4) is 0 Å². The number of hydrogen-bond acceptors (Lipinski definition) is 4. The standard InChI is InChI=1S/C23H30N2O4S/c1-4-18-9-11-21(12-10-18)30(27,28)25-14-6-13-23(2,17-25)22(26)24-16-19-7-5-8-20(15-19)29-3/h5,7-12,15H,4,6,13-14,16-17H2,1-3H3,(H,24,26). The second-order valence-electron chi connectivity index (χ2n) is 8.03. The van der Waals surface area contributed by atoms with E-state index in [1.165, 1.54) is 4.31 Å². The molecule has 30 heavy (non-hydrogen) atoms. The molecule has 1 heterocycles. The van der Waals surface area contributed by atoms with Crippen LogP contribution >= 0.6 is 0 Å². The second kappa shape index (κ2) is 9.18. The van der Waals surface area contributed by atoms with E-state index in [9.17, 15) is 13.2 Å². The molecule has 3 rings (SSSR count). The van der Waals surface area contributed by atoms with E-state index in [0.29, 0.717) is 25.9 Å². The molecule has 2 aromatic rings. The Kier molecular flexibility index (Phi) is 6.83. The Bertz CT molecular complexity index is 989. The number of hydrogen-bond donors (Lipinski definition) is 1. The van der Waals surface area contributed by atoms with Gasteiger partial charge >= 0.3 is 0 Å². The molecule has 0 saturated carbocycles. The zero-order valence-electron chi connectivity index (χ0n) is 17.8. The Morgan fingerprint density at radius 3 is 2.57 bits per heavy atom. The van der Waals surface area contributed by atoms with Crippen LogP contribution in [0, 0.1) is 5.41 Å². The maximum atomic E-state index is 13.1. The topological polar surface area (TPSA) is 75.7 Å². The third-order valence-electron chi connectivity index (χ3n) is 5.77. The van der Waals surface area contributed by atoms with Gasteiger partial charge in [0.25, 0.3) is 0 Å². The summed E-state index contributed by atoms with van der Waals surface area (Å²) in [5.74, 6) is 0.600. The van der Waals surface area contributed by atoms with E-state index in [2.05, 4.69) is 5.32 Å². The molecule has 1 aliphatic heterocycles. The summed E-state index contributed by atoms with van der Waals surface area (Å²) in [6.07, 6.45) is 2.16. The Morgan fingerprint density at radius 1 is 1.17 bits per heavy atom. The van der Waals surface area contributed by atoms with Gasteiger partial charge in [-0.2, -0.15) is 4.31 Å². The molecule has 0 aliphatic carbocycles. The van der Waals surface area contributed by atoms with Crippen LogP contribution < -0.4 is 10.1 Å². The fourth-order valence-corrected chi connectivity index (χ4v) is 5.41. The van der Waals surface area contributed by atoms with E-state index in [0.717, 1.165) is 23.3 Å². The van der Waals surface area contributed by atoms with Gasteiger partial charge in [-0.25, -0.2) is 8.42 Å². The molecule has 0 bridgehead atoms. The van der Waals surface area contributed by atoms with E-state index < -0.39 is 15.4 Å². The van der Waals surface area contributed by atoms with Crippen molar-refractivity contribution in [1.29, 1.82) is 0 Å². The van der Waals surface area contributed by atoms with Crippen molar-refractivity contribution in [3.05, 3.63) is 59.7 Å². The fraction of sp³-hybridized carbons (Fsp3) is 0.435. The number of aryl methyl sites for hydroxylation is 1. The lowest BCUT2D eigenvalue weighted by Gasteiger charge is -2.38. The lowest BCUT2D eigenvalue weighted by Crippen LogP contribution is -2.51. The molecule has 2 aromatic carbocycles. The van der Waals surface area contributed by atoms with Crippen molar-refractivity contribution >= 4 is 15.9 Å². The zero-order chi connectivity index (χ0) is 21.8. The number of nitrogens with one attached hydrogen (secondary N) is 1. The van der Waals surface area contributed by atoms with Crippen molar-refractivity contribution in [2.45, 2.75) is 44.6 Å². The highest BCUT2D eigenvalue weighted by atomic mass is 32.2. The largest absolute Gasteiger partial charge is 0.497 e. The van der Waals surface area contributed by atoms with E-state index in [-0.39, 0.29) is 17.3 Å². The average molecular weight is 431 g/mol. The third kappa shape index (κ3) is 4.84. The number of sulfonamides is 1. The number of benzene rings is 2. The molecule has 6 nitrogen and oxygen atoms in total. The third-order valence-corrected chi connectivity index (χ3v) is 7.63. The van der Waals surface area contributed by atoms with Gasteiger partial charge in [0, 0.05) is 19.6 Å². The maximum absolute atomic E-state index is 13.1. The summed E-state index contributed by atoms with van der Waals surface area (Å²) in [5, 5.41) is 2.97. The van der Waals surface area contributed by atoms with E-state index in [4.69, 9.17) is 4.74 Å². The van der Waals surface area contributed by atoms with E-state index in [1.807, 2.05) is 50.2 Å². The molecule has 1 fully saturated rings. The Labute approximate surface area is 179 Å². The Morgan fingerprint density at radius 2 is 1.90 bits per heavy atom. The van der Waals surface area contributed by atoms with Crippen LogP contribution in [0.1, 0.15) is 37.8 Å². The molecule has 1 amide bonds. The minimum atomic E-state index is -3.63. The predicted octanol–water partition coefficient (Wildman–Crippen LogP) is 3.36. The van der Waals surface area contributed by atoms with Gasteiger partial charge in [0.05, 0.1) is 17.4 Å². The fourth-order valence-electron chi connectivity index (χ4n) is 3.81. The van der Waals surface area contributed by atoms with Crippen LogP contribution in [0.15, 0.2) is 53.4 Å². The number of carbonyl (C=O) groups excluding carboxylic acids is 1. The van der Waals surface area contributed by atoms with Gasteiger partial charge in [0.15, 0.2) is 0 Å². The molecule has 1 unspecified atom stereocenters.